The number of allylic oxidation sites excluding steroid dienone is 4. The molecule has 7 aromatic rings. The first kappa shape index (κ1) is 31.7. The zero-order chi connectivity index (χ0) is 33.6. The molecule has 0 atom stereocenters. The number of nitrogens with one attached hydrogen (secondary N) is 2. The van der Waals surface area contributed by atoms with Crippen molar-refractivity contribution < 1.29 is 0 Å². The zero-order valence-electron chi connectivity index (χ0n) is 26.4. The van der Waals surface area contributed by atoms with Gasteiger partial charge < -0.3 is 21.1 Å². The Hall–Kier alpha value is -6.29. The molecule has 4 N–H and O–H groups in total. The van der Waals surface area contributed by atoms with Crippen molar-refractivity contribution in [3.63, 3.8) is 0 Å². The van der Waals surface area contributed by atoms with Gasteiger partial charge in [-0.05, 0) is 90.4 Å². The van der Waals surface area contributed by atoms with Crippen molar-refractivity contribution in [2.24, 2.45) is 5.73 Å². The Morgan fingerprint density at radius 2 is 1.52 bits per heavy atom. The standard InChI is InChI=1S/C35H25N5S.C7H8/c1-22(3-2-15-36)24-5-7-25(8-6-24)31(38)20-32(39)26-9-12-34-29(18-26)30-19-28(10-13-35(30)41-34)40-16-14-27-17-23(21-37)4-11-33(27)40;1-7-5-3-2-4-6-7/h2-20,36,39H,1,38H2;2-6H,1H3/b3-2-,31-20-,36-15?,39-32?;. The Bertz CT molecular complexity index is 2420. The van der Waals surface area contributed by atoms with Crippen LogP contribution in [0.5, 0.6) is 0 Å². The van der Waals surface area contributed by atoms with E-state index in [0.29, 0.717) is 17.0 Å². The van der Waals surface area contributed by atoms with Crippen LogP contribution < -0.4 is 5.73 Å². The molecule has 0 radical (unpaired) electrons. The number of hydrogen-bond acceptors (Lipinski definition) is 5. The average Bonchev–Trinajstić information content (AvgIpc) is 3.71. The predicted molar refractivity (Wildman–Crippen MR) is 204 cm³/mol. The van der Waals surface area contributed by atoms with Crippen molar-refractivity contribution in [2.45, 2.75) is 6.92 Å². The maximum absolute atomic E-state index is 9.24. The second-order valence-corrected chi connectivity index (χ2v) is 12.4. The predicted octanol–water partition coefficient (Wildman–Crippen LogP) is 10.5. The molecule has 0 amide bonds. The van der Waals surface area contributed by atoms with E-state index in [4.69, 9.17) is 16.6 Å². The molecular formula is C42H33N5S. The molecule has 232 valence electrons. The lowest BCUT2D eigenvalue weighted by molar-refractivity contribution is 1.13. The summed E-state index contributed by atoms with van der Waals surface area (Å²) in [5, 5.41) is 28.4. The van der Waals surface area contributed by atoms with Gasteiger partial charge in [0.05, 0.1) is 22.9 Å². The molecule has 7 rings (SSSR count). The van der Waals surface area contributed by atoms with Crippen LogP contribution >= 0.6 is 11.3 Å². The van der Waals surface area contributed by atoms with Crippen molar-refractivity contribution in [1.29, 1.82) is 16.1 Å². The van der Waals surface area contributed by atoms with Gasteiger partial charge in [-0.25, -0.2) is 0 Å². The lowest BCUT2D eigenvalue weighted by atomic mass is 10.0. The summed E-state index contributed by atoms with van der Waals surface area (Å²) in [6.45, 7) is 6.11. The molecule has 5 nitrogen and oxygen atoms in total. The Morgan fingerprint density at radius 1 is 0.833 bits per heavy atom. The maximum atomic E-state index is 9.24. The third kappa shape index (κ3) is 6.78. The van der Waals surface area contributed by atoms with E-state index in [0.717, 1.165) is 54.3 Å². The van der Waals surface area contributed by atoms with Crippen LogP contribution in [0.1, 0.15) is 27.8 Å². The van der Waals surface area contributed by atoms with Crippen LogP contribution in [0.15, 0.2) is 146 Å². The number of nitrogens with two attached hydrogens (primary N) is 1. The lowest BCUT2D eigenvalue weighted by Crippen LogP contribution is -2.02. The van der Waals surface area contributed by atoms with Crippen LogP contribution in [0, 0.1) is 29.1 Å². The second-order valence-electron chi connectivity index (χ2n) is 11.4. The van der Waals surface area contributed by atoms with Gasteiger partial charge in [0.25, 0.3) is 0 Å². The molecule has 0 unspecified atom stereocenters. The van der Waals surface area contributed by atoms with E-state index in [1.807, 2.05) is 79.0 Å². The minimum Gasteiger partial charge on any atom is -0.398 e. The molecule has 0 saturated carbocycles. The van der Waals surface area contributed by atoms with E-state index >= 15 is 0 Å². The number of hydrogen-bond donors (Lipinski definition) is 3. The topological polar surface area (TPSA) is 102 Å². The first-order valence-electron chi connectivity index (χ1n) is 15.4. The highest BCUT2D eigenvalue weighted by Gasteiger charge is 2.11. The molecule has 48 heavy (non-hydrogen) atoms. The minimum atomic E-state index is 0.340. The van der Waals surface area contributed by atoms with Gasteiger partial charge in [-0.3, -0.25) is 0 Å². The number of nitrogens with zero attached hydrogens (tertiary/aromatic N) is 2. The van der Waals surface area contributed by atoms with Gasteiger partial charge in [-0.1, -0.05) is 78.9 Å². The fourth-order valence-corrected chi connectivity index (χ4v) is 6.58. The largest absolute Gasteiger partial charge is 0.398 e. The average molecular weight is 640 g/mol. The van der Waals surface area contributed by atoms with Gasteiger partial charge >= 0.3 is 0 Å². The Morgan fingerprint density at radius 3 is 2.21 bits per heavy atom. The molecule has 2 heterocycles. The lowest BCUT2D eigenvalue weighted by Gasteiger charge is -2.07. The normalized spacial score (nSPS) is 11.4. The number of aryl methyl sites for hydroxylation is 1. The SMILES string of the molecule is C=C(/C=C\C=N)c1ccc(/C(N)=C/C(=N)c2ccc3sc4ccc(-n5ccc6cc(C#N)ccc65)cc4c3c2)cc1.Cc1ccccc1. The molecule has 0 spiro atoms. The highest BCUT2D eigenvalue weighted by molar-refractivity contribution is 7.25. The molecule has 0 fully saturated rings. The van der Waals surface area contributed by atoms with E-state index in [2.05, 4.69) is 66.6 Å². The number of nitriles is 1. The van der Waals surface area contributed by atoms with Crippen molar-refractivity contribution in [2.75, 3.05) is 0 Å². The van der Waals surface area contributed by atoms with E-state index in [1.165, 1.54) is 16.5 Å². The van der Waals surface area contributed by atoms with Gasteiger partial charge in [0.2, 0.25) is 0 Å². The third-order valence-corrected chi connectivity index (χ3v) is 9.24. The Labute approximate surface area is 283 Å². The van der Waals surface area contributed by atoms with Crippen molar-refractivity contribution in [3.05, 3.63) is 174 Å². The summed E-state index contributed by atoms with van der Waals surface area (Å²) in [7, 11) is 0. The van der Waals surface area contributed by atoms with Crippen LogP contribution in [-0.4, -0.2) is 16.5 Å². The van der Waals surface area contributed by atoms with Crippen molar-refractivity contribution in [1.82, 2.24) is 4.57 Å². The number of thiophene rings is 1. The van der Waals surface area contributed by atoms with Gasteiger partial charge in [-0.15, -0.1) is 11.3 Å². The molecule has 5 aromatic carbocycles. The minimum absolute atomic E-state index is 0.340. The number of benzene rings is 5. The summed E-state index contributed by atoms with van der Waals surface area (Å²) < 4.78 is 4.48. The fraction of sp³-hybridized carbons (Fsp3) is 0.0238. The summed E-state index contributed by atoms with van der Waals surface area (Å²) in [6.07, 6.45) is 8.37. The summed E-state index contributed by atoms with van der Waals surface area (Å²) in [5.41, 5.74) is 14.7. The molecule has 2 aromatic heterocycles. The molecule has 0 saturated heterocycles. The van der Waals surface area contributed by atoms with E-state index in [-0.39, 0.29) is 0 Å². The molecule has 0 aliphatic rings. The van der Waals surface area contributed by atoms with Crippen LogP contribution in [-0.2, 0) is 0 Å². The number of fused-ring (bicyclic) bond motifs is 4. The van der Waals surface area contributed by atoms with Crippen LogP contribution in [0.2, 0.25) is 0 Å². The molecular weight excluding hydrogens is 607 g/mol. The maximum Gasteiger partial charge on any atom is 0.0991 e. The summed E-state index contributed by atoms with van der Waals surface area (Å²) >= 11 is 1.74. The van der Waals surface area contributed by atoms with Crippen molar-refractivity contribution >= 4 is 65.6 Å². The molecule has 0 bridgehead atoms. The quantitative estimate of drug-likeness (QED) is 0.119. The van der Waals surface area contributed by atoms with Gasteiger partial charge in [0.1, 0.15) is 0 Å². The van der Waals surface area contributed by atoms with Crippen LogP contribution in [0.3, 0.4) is 0 Å². The monoisotopic (exact) mass is 639 g/mol. The number of rotatable bonds is 7. The van der Waals surface area contributed by atoms with E-state index in [1.54, 1.807) is 29.6 Å². The van der Waals surface area contributed by atoms with E-state index in [9.17, 15) is 5.26 Å². The van der Waals surface area contributed by atoms with Crippen LogP contribution in [0.4, 0.5) is 0 Å². The summed E-state index contributed by atoms with van der Waals surface area (Å²) in [6, 6.07) is 40.5. The smallest absolute Gasteiger partial charge is 0.0991 e. The second kappa shape index (κ2) is 14.0. The van der Waals surface area contributed by atoms with E-state index < -0.39 is 0 Å². The summed E-state index contributed by atoms with van der Waals surface area (Å²) in [4.78, 5) is 0. The number of aromatic nitrogens is 1. The van der Waals surface area contributed by atoms with Gasteiger partial charge in [0.15, 0.2) is 0 Å². The van der Waals surface area contributed by atoms with Gasteiger partial charge in [-0.2, -0.15) is 5.26 Å². The fourth-order valence-electron chi connectivity index (χ4n) is 5.51. The molecule has 0 aliphatic heterocycles. The highest BCUT2D eigenvalue weighted by Crippen LogP contribution is 2.36. The first-order chi connectivity index (χ1) is 23.3. The third-order valence-electron chi connectivity index (χ3n) is 8.08. The Balaban J connectivity index is 0.000000510. The molecule has 6 heteroatoms. The van der Waals surface area contributed by atoms with Crippen LogP contribution in [0.25, 0.3) is 48.0 Å². The molecule has 0 aliphatic carbocycles. The Kier molecular flexibility index (Phi) is 9.24. The first-order valence-corrected chi connectivity index (χ1v) is 16.2. The summed E-state index contributed by atoms with van der Waals surface area (Å²) in [5.74, 6) is 0. The van der Waals surface area contributed by atoms with Crippen molar-refractivity contribution in [3.8, 4) is 11.8 Å². The van der Waals surface area contributed by atoms with Gasteiger partial charge in [0, 0.05) is 54.9 Å². The highest BCUT2D eigenvalue weighted by atomic mass is 32.1. The zero-order valence-corrected chi connectivity index (χ0v) is 27.3.